The minimum Gasteiger partial charge on any atom is -0.351 e. The molecule has 2 aliphatic rings. The van der Waals surface area contributed by atoms with E-state index in [2.05, 4.69) is 10.6 Å². The Balaban J connectivity index is 1.79. The predicted octanol–water partition coefficient (Wildman–Crippen LogP) is 2.08. The molecule has 0 saturated heterocycles. The van der Waals surface area contributed by atoms with Crippen LogP contribution in [0.4, 0.5) is 0 Å². The Labute approximate surface area is 141 Å². The van der Waals surface area contributed by atoms with E-state index in [9.17, 15) is 14.4 Å². The zero-order valence-electron chi connectivity index (χ0n) is 14.0. The number of amides is 2. The average Bonchev–Trinajstić information content (AvgIpc) is 2.51. The molecule has 1 aliphatic heterocycles. The van der Waals surface area contributed by atoms with Gasteiger partial charge in [-0.3, -0.25) is 14.4 Å². The Morgan fingerprint density at radius 2 is 1.92 bits per heavy atom. The molecule has 0 bridgehead atoms. The molecule has 0 radical (unpaired) electrons. The van der Waals surface area contributed by atoms with Gasteiger partial charge < -0.3 is 10.6 Å². The number of ketones is 1. The first kappa shape index (κ1) is 16.4. The molecule has 24 heavy (non-hydrogen) atoms. The second kappa shape index (κ2) is 6.23. The summed E-state index contributed by atoms with van der Waals surface area (Å²) in [6.45, 7) is 4.39. The van der Waals surface area contributed by atoms with Gasteiger partial charge >= 0.3 is 0 Å². The maximum absolute atomic E-state index is 12.6. The molecule has 2 N–H and O–H groups in total. The molecule has 1 unspecified atom stereocenters. The summed E-state index contributed by atoms with van der Waals surface area (Å²) in [5.74, 6) is -1.16. The van der Waals surface area contributed by atoms with E-state index in [0.29, 0.717) is 30.7 Å². The van der Waals surface area contributed by atoms with Crippen molar-refractivity contribution in [2.45, 2.75) is 39.7 Å². The zero-order chi connectivity index (χ0) is 17.3. The van der Waals surface area contributed by atoms with Crippen molar-refractivity contribution in [2.24, 2.45) is 11.3 Å². The molecule has 1 aromatic rings. The quantitative estimate of drug-likeness (QED) is 0.893. The molecule has 126 valence electrons. The number of hydrogen-bond acceptors (Lipinski definition) is 3. The summed E-state index contributed by atoms with van der Waals surface area (Å²) in [5, 5.41) is 5.66. The Bertz CT molecular complexity index is 719. The predicted molar refractivity (Wildman–Crippen MR) is 89.6 cm³/mol. The van der Waals surface area contributed by atoms with Crippen molar-refractivity contribution < 1.29 is 14.4 Å². The Kier molecular flexibility index (Phi) is 4.26. The molecule has 2 amide bonds. The van der Waals surface area contributed by atoms with Gasteiger partial charge in [0.25, 0.3) is 0 Å². The van der Waals surface area contributed by atoms with E-state index in [0.717, 1.165) is 5.56 Å². The number of benzene rings is 1. The van der Waals surface area contributed by atoms with Gasteiger partial charge in [-0.25, -0.2) is 0 Å². The normalized spacial score (nSPS) is 22.7. The molecule has 0 aromatic heterocycles. The summed E-state index contributed by atoms with van der Waals surface area (Å²) in [6, 6.07) is 9.57. The topological polar surface area (TPSA) is 75.3 Å². The lowest BCUT2D eigenvalue weighted by atomic mass is 9.71. The molecule has 1 aliphatic carbocycles. The van der Waals surface area contributed by atoms with Crippen LogP contribution in [-0.2, 0) is 20.9 Å². The van der Waals surface area contributed by atoms with Gasteiger partial charge in [-0.2, -0.15) is 0 Å². The Morgan fingerprint density at radius 1 is 1.21 bits per heavy atom. The summed E-state index contributed by atoms with van der Waals surface area (Å²) in [4.78, 5) is 37.1. The van der Waals surface area contributed by atoms with Crippen molar-refractivity contribution >= 4 is 17.6 Å². The SMILES string of the molecule is CC1(C)CC(=O)C2=C(C1)NC(=O)CC2C(=O)NCc1ccccc1. The number of rotatable bonds is 3. The third-order valence-electron chi connectivity index (χ3n) is 4.57. The molecular formula is C19H22N2O3. The molecule has 3 rings (SSSR count). The van der Waals surface area contributed by atoms with Crippen LogP contribution in [0.15, 0.2) is 41.6 Å². The smallest absolute Gasteiger partial charge is 0.228 e. The van der Waals surface area contributed by atoms with Crippen LogP contribution in [0.5, 0.6) is 0 Å². The van der Waals surface area contributed by atoms with E-state index in [1.165, 1.54) is 0 Å². The first-order chi connectivity index (χ1) is 11.4. The minimum atomic E-state index is -0.680. The van der Waals surface area contributed by atoms with Gasteiger partial charge in [0.2, 0.25) is 11.8 Å². The summed E-state index contributed by atoms with van der Waals surface area (Å²) in [6.07, 6.45) is 1.05. The number of carbonyl (C=O) groups excluding carboxylic acids is 3. The number of Topliss-reactive ketones (excluding diaryl/α,β-unsaturated/α-hetero) is 1. The molecule has 0 saturated carbocycles. The van der Waals surface area contributed by atoms with Crippen molar-refractivity contribution in [3.05, 3.63) is 47.2 Å². The zero-order valence-corrected chi connectivity index (χ0v) is 14.0. The van der Waals surface area contributed by atoms with Crippen LogP contribution >= 0.6 is 0 Å². The fraction of sp³-hybridized carbons (Fsp3) is 0.421. The van der Waals surface area contributed by atoms with Crippen molar-refractivity contribution in [1.82, 2.24) is 10.6 Å². The lowest BCUT2D eigenvalue weighted by Gasteiger charge is -2.37. The van der Waals surface area contributed by atoms with Crippen molar-refractivity contribution in [3.63, 3.8) is 0 Å². The van der Waals surface area contributed by atoms with Crippen molar-refractivity contribution in [1.29, 1.82) is 0 Å². The summed E-state index contributed by atoms with van der Waals surface area (Å²) < 4.78 is 0. The summed E-state index contributed by atoms with van der Waals surface area (Å²) in [7, 11) is 0. The highest BCUT2D eigenvalue weighted by molar-refractivity contribution is 6.06. The van der Waals surface area contributed by atoms with Crippen molar-refractivity contribution in [3.8, 4) is 0 Å². The van der Waals surface area contributed by atoms with Crippen LogP contribution in [0, 0.1) is 11.3 Å². The van der Waals surface area contributed by atoms with Gasteiger partial charge in [-0.05, 0) is 17.4 Å². The first-order valence-electron chi connectivity index (χ1n) is 8.23. The molecule has 1 aromatic carbocycles. The highest BCUT2D eigenvalue weighted by atomic mass is 16.2. The van der Waals surface area contributed by atoms with Gasteiger partial charge in [0.15, 0.2) is 5.78 Å². The van der Waals surface area contributed by atoms with E-state index in [1.807, 2.05) is 44.2 Å². The lowest BCUT2D eigenvalue weighted by Crippen LogP contribution is -2.46. The van der Waals surface area contributed by atoms with Crippen LogP contribution in [0.1, 0.15) is 38.7 Å². The number of carbonyl (C=O) groups is 3. The largest absolute Gasteiger partial charge is 0.351 e. The second-order valence-electron chi connectivity index (χ2n) is 7.34. The molecule has 5 nitrogen and oxygen atoms in total. The third-order valence-corrected chi connectivity index (χ3v) is 4.57. The molecule has 0 spiro atoms. The van der Waals surface area contributed by atoms with Crippen LogP contribution in [0.25, 0.3) is 0 Å². The minimum absolute atomic E-state index is 0.0267. The van der Waals surface area contributed by atoms with E-state index < -0.39 is 5.92 Å². The van der Waals surface area contributed by atoms with E-state index in [1.54, 1.807) is 0 Å². The monoisotopic (exact) mass is 326 g/mol. The highest BCUT2D eigenvalue weighted by Crippen LogP contribution is 2.40. The fourth-order valence-electron chi connectivity index (χ4n) is 3.49. The van der Waals surface area contributed by atoms with Gasteiger partial charge in [0, 0.05) is 30.7 Å². The molecular weight excluding hydrogens is 304 g/mol. The van der Waals surface area contributed by atoms with Gasteiger partial charge in [-0.15, -0.1) is 0 Å². The standard InChI is InChI=1S/C19H22N2O3/c1-19(2)9-14-17(15(22)10-19)13(8-16(23)21-14)18(24)20-11-12-6-4-3-5-7-12/h3-7,13H,8-11H2,1-2H3,(H,20,24)(H,21,23). The number of hydrogen-bond donors (Lipinski definition) is 2. The number of nitrogens with one attached hydrogen (secondary N) is 2. The van der Waals surface area contributed by atoms with Crippen molar-refractivity contribution in [2.75, 3.05) is 0 Å². The van der Waals surface area contributed by atoms with E-state index in [4.69, 9.17) is 0 Å². The molecule has 1 atom stereocenters. The van der Waals surface area contributed by atoms with Gasteiger partial charge in [0.1, 0.15) is 0 Å². The van der Waals surface area contributed by atoms with Gasteiger partial charge in [-0.1, -0.05) is 44.2 Å². The molecule has 5 heteroatoms. The number of allylic oxidation sites excluding steroid dienone is 1. The van der Waals surface area contributed by atoms with Crippen LogP contribution in [0.3, 0.4) is 0 Å². The average molecular weight is 326 g/mol. The third kappa shape index (κ3) is 3.40. The van der Waals surface area contributed by atoms with Gasteiger partial charge in [0.05, 0.1) is 5.92 Å². The molecule has 1 heterocycles. The first-order valence-corrected chi connectivity index (χ1v) is 8.23. The molecule has 0 fully saturated rings. The van der Waals surface area contributed by atoms with E-state index in [-0.39, 0.29) is 29.4 Å². The Morgan fingerprint density at radius 3 is 2.62 bits per heavy atom. The maximum Gasteiger partial charge on any atom is 0.228 e. The summed E-state index contributed by atoms with van der Waals surface area (Å²) >= 11 is 0. The highest BCUT2D eigenvalue weighted by Gasteiger charge is 2.42. The maximum atomic E-state index is 12.6. The van der Waals surface area contributed by atoms with E-state index >= 15 is 0 Å². The van der Waals surface area contributed by atoms with Crippen LogP contribution in [-0.4, -0.2) is 17.6 Å². The lowest BCUT2D eigenvalue weighted by molar-refractivity contribution is -0.132. The summed E-state index contributed by atoms with van der Waals surface area (Å²) in [5.41, 5.74) is 1.93. The van der Waals surface area contributed by atoms with Crippen LogP contribution in [0.2, 0.25) is 0 Å². The van der Waals surface area contributed by atoms with Crippen LogP contribution < -0.4 is 10.6 Å². The fourth-order valence-corrected chi connectivity index (χ4v) is 3.49. The Hall–Kier alpha value is -2.43. The second-order valence-corrected chi connectivity index (χ2v) is 7.34.